The first-order chi connectivity index (χ1) is 10.1. The van der Waals surface area contributed by atoms with Crippen molar-refractivity contribution >= 4 is 11.6 Å². The molecular weight excluding hydrogens is 297 g/mol. The monoisotopic (exact) mass is 311 g/mol. The molecule has 0 aliphatic carbocycles. The van der Waals surface area contributed by atoms with Crippen molar-refractivity contribution in [3.05, 3.63) is 46.3 Å². The zero-order valence-electron chi connectivity index (χ0n) is 11.5. The maximum atomic E-state index is 13.7. The molecule has 2 heterocycles. The van der Waals surface area contributed by atoms with E-state index in [9.17, 15) is 4.39 Å². The van der Waals surface area contributed by atoms with Crippen molar-refractivity contribution in [2.24, 2.45) is 0 Å². The molecule has 1 N–H and O–H groups in total. The molecule has 1 aliphatic rings. The van der Waals surface area contributed by atoms with Gasteiger partial charge in [0, 0.05) is 30.1 Å². The molecule has 0 atom stereocenters. The minimum atomic E-state index is -0.377. The lowest BCUT2D eigenvalue weighted by molar-refractivity contribution is -0.0841. The zero-order chi connectivity index (χ0) is 14.9. The summed E-state index contributed by atoms with van der Waals surface area (Å²) in [6.07, 6.45) is 0.188. The van der Waals surface area contributed by atoms with Gasteiger partial charge < -0.3 is 14.6 Å². The number of hydrogen-bond acceptors (Lipinski definition) is 5. The van der Waals surface area contributed by atoms with Gasteiger partial charge in [-0.05, 0) is 19.1 Å². The molecule has 1 saturated heterocycles. The van der Waals surface area contributed by atoms with Gasteiger partial charge in [0.15, 0.2) is 5.82 Å². The number of benzene rings is 1. The van der Waals surface area contributed by atoms with Crippen molar-refractivity contribution in [3.8, 4) is 0 Å². The zero-order valence-corrected chi connectivity index (χ0v) is 12.3. The van der Waals surface area contributed by atoms with Gasteiger partial charge in [-0.1, -0.05) is 22.8 Å². The van der Waals surface area contributed by atoms with E-state index >= 15 is 0 Å². The van der Waals surface area contributed by atoms with Gasteiger partial charge in [0.1, 0.15) is 12.4 Å². The highest BCUT2D eigenvalue weighted by atomic mass is 35.5. The summed E-state index contributed by atoms with van der Waals surface area (Å²) in [5.41, 5.74) is 0.186. The lowest BCUT2D eigenvalue weighted by Crippen LogP contribution is -2.58. The first-order valence-corrected chi connectivity index (χ1v) is 7.03. The quantitative estimate of drug-likeness (QED) is 0.918. The molecule has 0 spiro atoms. The fourth-order valence-corrected chi connectivity index (χ4v) is 2.32. The van der Waals surface area contributed by atoms with Crippen LogP contribution < -0.4 is 5.32 Å². The topological polar surface area (TPSA) is 60.2 Å². The van der Waals surface area contributed by atoms with Crippen molar-refractivity contribution in [1.29, 1.82) is 0 Å². The molecule has 1 fully saturated rings. The van der Waals surface area contributed by atoms with Gasteiger partial charge >= 0.3 is 0 Å². The van der Waals surface area contributed by atoms with Gasteiger partial charge in [-0.25, -0.2) is 4.39 Å². The molecule has 112 valence electrons. The standard InChI is InChI=1S/C14H15ClFN3O2/c1-14(7-17-8-14)20-6-13-18-12(19-21-13)5-9-10(15)3-2-4-11(9)16/h2-4,17H,5-8H2,1H3. The Morgan fingerprint density at radius 1 is 1.48 bits per heavy atom. The summed E-state index contributed by atoms with van der Waals surface area (Å²) in [5, 5.41) is 7.32. The third kappa shape index (κ3) is 3.23. The maximum Gasteiger partial charge on any atom is 0.252 e. The molecule has 1 aliphatic heterocycles. The van der Waals surface area contributed by atoms with Crippen LogP contribution in [0.4, 0.5) is 4.39 Å². The van der Waals surface area contributed by atoms with E-state index in [-0.39, 0.29) is 24.4 Å². The first-order valence-electron chi connectivity index (χ1n) is 6.65. The highest BCUT2D eigenvalue weighted by molar-refractivity contribution is 6.31. The van der Waals surface area contributed by atoms with Crippen molar-refractivity contribution in [2.45, 2.75) is 25.6 Å². The van der Waals surface area contributed by atoms with E-state index < -0.39 is 0 Å². The number of aromatic nitrogens is 2. The number of nitrogens with one attached hydrogen (secondary N) is 1. The highest BCUT2D eigenvalue weighted by Crippen LogP contribution is 2.22. The van der Waals surface area contributed by atoms with E-state index in [1.165, 1.54) is 6.07 Å². The van der Waals surface area contributed by atoms with Crippen LogP contribution in [0.3, 0.4) is 0 Å². The molecule has 21 heavy (non-hydrogen) atoms. The molecule has 1 aromatic carbocycles. The predicted octanol–water partition coefficient (Wildman–Crippen LogP) is 2.33. The van der Waals surface area contributed by atoms with Crippen LogP contribution in [-0.2, 0) is 17.8 Å². The average molecular weight is 312 g/mol. The molecule has 5 nitrogen and oxygen atoms in total. The summed E-state index contributed by atoms with van der Waals surface area (Å²) in [6, 6.07) is 4.55. The Labute approximate surface area is 126 Å². The van der Waals surface area contributed by atoms with E-state index in [1.807, 2.05) is 6.92 Å². The summed E-state index contributed by atoms with van der Waals surface area (Å²) in [4.78, 5) is 4.20. The number of hydrogen-bond donors (Lipinski definition) is 1. The minimum absolute atomic E-state index is 0.177. The van der Waals surface area contributed by atoms with Crippen LogP contribution in [0.5, 0.6) is 0 Å². The van der Waals surface area contributed by atoms with Gasteiger partial charge in [0.25, 0.3) is 5.89 Å². The SMILES string of the molecule is CC1(OCc2nc(Cc3c(F)cccc3Cl)no2)CNC1. The second-order valence-electron chi connectivity index (χ2n) is 5.32. The van der Waals surface area contributed by atoms with Gasteiger partial charge in [0.2, 0.25) is 0 Å². The molecule has 3 rings (SSSR count). The molecule has 0 unspecified atom stereocenters. The molecule has 0 saturated carbocycles. The molecule has 0 bridgehead atoms. The van der Waals surface area contributed by atoms with Gasteiger partial charge in [-0.3, -0.25) is 0 Å². The summed E-state index contributed by atoms with van der Waals surface area (Å²) < 4.78 is 24.5. The Bertz CT molecular complexity index is 623. The number of halogens is 2. The van der Waals surface area contributed by atoms with Crippen LogP contribution in [0.25, 0.3) is 0 Å². The van der Waals surface area contributed by atoms with Crippen LogP contribution in [-0.4, -0.2) is 28.8 Å². The van der Waals surface area contributed by atoms with Gasteiger partial charge in [-0.15, -0.1) is 0 Å². The van der Waals surface area contributed by atoms with Crippen LogP contribution in [0.1, 0.15) is 24.2 Å². The smallest absolute Gasteiger partial charge is 0.252 e. The lowest BCUT2D eigenvalue weighted by atomic mass is 10.0. The van der Waals surface area contributed by atoms with E-state index in [0.717, 1.165) is 13.1 Å². The molecule has 1 aromatic heterocycles. The Balaban J connectivity index is 1.65. The van der Waals surface area contributed by atoms with E-state index in [4.69, 9.17) is 20.9 Å². The summed E-state index contributed by atoms with van der Waals surface area (Å²) in [5.74, 6) is 0.390. The van der Waals surface area contributed by atoms with Crippen LogP contribution in [0.15, 0.2) is 22.7 Å². The maximum absolute atomic E-state index is 13.7. The lowest BCUT2D eigenvalue weighted by Gasteiger charge is -2.38. The number of nitrogens with zero attached hydrogens (tertiary/aromatic N) is 2. The van der Waals surface area contributed by atoms with Crippen LogP contribution in [0.2, 0.25) is 5.02 Å². The van der Waals surface area contributed by atoms with E-state index in [1.54, 1.807) is 12.1 Å². The second kappa shape index (κ2) is 5.71. The third-order valence-corrected chi connectivity index (χ3v) is 3.80. The Hall–Kier alpha value is -1.50. The summed E-state index contributed by atoms with van der Waals surface area (Å²) in [6.45, 7) is 3.87. The number of rotatable bonds is 5. The van der Waals surface area contributed by atoms with Crippen molar-refractivity contribution in [1.82, 2.24) is 15.5 Å². The third-order valence-electron chi connectivity index (χ3n) is 3.45. The predicted molar refractivity (Wildman–Crippen MR) is 74.6 cm³/mol. The van der Waals surface area contributed by atoms with Crippen molar-refractivity contribution in [2.75, 3.05) is 13.1 Å². The molecule has 0 amide bonds. The minimum Gasteiger partial charge on any atom is -0.363 e. The second-order valence-corrected chi connectivity index (χ2v) is 5.73. The first kappa shape index (κ1) is 14.4. The normalized spacial score (nSPS) is 16.7. The average Bonchev–Trinajstić information content (AvgIpc) is 2.86. The molecule has 0 radical (unpaired) electrons. The van der Waals surface area contributed by atoms with E-state index in [2.05, 4.69) is 15.5 Å². The van der Waals surface area contributed by atoms with Gasteiger partial charge in [-0.2, -0.15) is 4.98 Å². The van der Waals surface area contributed by atoms with Crippen molar-refractivity contribution < 1.29 is 13.7 Å². The summed E-state index contributed by atoms with van der Waals surface area (Å²) >= 11 is 5.98. The molecule has 7 heteroatoms. The molecular formula is C14H15ClFN3O2. The largest absolute Gasteiger partial charge is 0.363 e. The molecule has 2 aromatic rings. The summed E-state index contributed by atoms with van der Waals surface area (Å²) in [7, 11) is 0. The fourth-order valence-electron chi connectivity index (χ4n) is 2.09. The number of ether oxygens (including phenoxy) is 1. The van der Waals surface area contributed by atoms with Gasteiger partial charge in [0.05, 0.1) is 5.60 Å². The fraction of sp³-hybridized carbons (Fsp3) is 0.429. The van der Waals surface area contributed by atoms with Crippen molar-refractivity contribution in [3.63, 3.8) is 0 Å². The van der Waals surface area contributed by atoms with Crippen LogP contribution >= 0.6 is 11.6 Å². The van der Waals surface area contributed by atoms with Crippen LogP contribution in [0, 0.1) is 5.82 Å². The Morgan fingerprint density at radius 2 is 2.29 bits per heavy atom. The Morgan fingerprint density at radius 3 is 2.95 bits per heavy atom. The van der Waals surface area contributed by atoms with E-state index in [0.29, 0.717) is 22.3 Å². The highest BCUT2D eigenvalue weighted by Gasteiger charge is 2.33. The Kier molecular flexibility index (Phi) is 3.93.